The molecule has 0 aliphatic rings. The number of aromatic nitrogens is 2. The minimum atomic E-state index is 0.281. The summed E-state index contributed by atoms with van der Waals surface area (Å²) in [6.07, 6.45) is 0. The molecule has 1 unspecified atom stereocenters. The zero-order valence-corrected chi connectivity index (χ0v) is 15.0. The molecule has 21 heavy (non-hydrogen) atoms. The van der Waals surface area contributed by atoms with E-state index in [4.69, 9.17) is 0 Å². The zero-order chi connectivity index (χ0) is 15.6. The average molecular weight is 350 g/mol. The lowest BCUT2D eigenvalue weighted by atomic mass is 10.0. The molecule has 0 amide bonds. The highest BCUT2D eigenvalue weighted by atomic mass is 79.9. The Bertz CT molecular complexity index is 601. The van der Waals surface area contributed by atoms with E-state index in [2.05, 4.69) is 89.9 Å². The number of hydrogen-bond donors (Lipinski definition) is 1. The van der Waals surface area contributed by atoms with Crippen molar-refractivity contribution in [1.29, 1.82) is 0 Å². The molecule has 0 radical (unpaired) electrons. The summed E-state index contributed by atoms with van der Waals surface area (Å²) in [7, 11) is 0. The summed E-state index contributed by atoms with van der Waals surface area (Å²) in [6, 6.07) is 9.07. The van der Waals surface area contributed by atoms with Gasteiger partial charge in [0.2, 0.25) is 0 Å². The Morgan fingerprint density at radius 1 is 1.14 bits per heavy atom. The first-order valence-electron chi connectivity index (χ1n) is 7.49. The molecule has 0 saturated carbocycles. The van der Waals surface area contributed by atoms with E-state index < -0.39 is 0 Å². The van der Waals surface area contributed by atoms with Crippen molar-refractivity contribution in [3.63, 3.8) is 0 Å². The molecule has 0 fully saturated rings. The zero-order valence-electron chi connectivity index (χ0n) is 13.4. The van der Waals surface area contributed by atoms with Crippen LogP contribution in [0.5, 0.6) is 0 Å². The van der Waals surface area contributed by atoms with Crippen molar-refractivity contribution in [2.45, 2.75) is 53.2 Å². The van der Waals surface area contributed by atoms with Gasteiger partial charge < -0.3 is 5.32 Å². The summed E-state index contributed by atoms with van der Waals surface area (Å²) in [4.78, 5) is 0. The highest BCUT2D eigenvalue weighted by molar-refractivity contribution is 9.10. The maximum atomic E-state index is 4.61. The fraction of sp³-hybridized carbons (Fsp3) is 0.471. The molecule has 0 bridgehead atoms. The van der Waals surface area contributed by atoms with Crippen LogP contribution in [0.4, 0.5) is 0 Å². The van der Waals surface area contributed by atoms with E-state index in [9.17, 15) is 0 Å². The lowest BCUT2D eigenvalue weighted by molar-refractivity contribution is 0.490. The summed E-state index contributed by atoms with van der Waals surface area (Å²) in [5, 5.41) is 8.29. The van der Waals surface area contributed by atoms with Gasteiger partial charge in [-0.3, -0.25) is 4.68 Å². The van der Waals surface area contributed by atoms with Crippen molar-refractivity contribution in [3.8, 4) is 0 Å². The van der Waals surface area contributed by atoms with Crippen LogP contribution in [-0.4, -0.2) is 9.78 Å². The highest BCUT2D eigenvalue weighted by Crippen LogP contribution is 2.25. The van der Waals surface area contributed by atoms with E-state index in [-0.39, 0.29) is 6.04 Å². The van der Waals surface area contributed by atoms with Crippen LogP contribution < -0.4 is 5.32 Å². The molecule has 0 spiro atoms. The lowest BCUT2D eigenvalue weighted by Gasteiger charge is -2.21. The minimum absolute atomic E-state index is 0.281. The van der Waals surface area contributed by atoms with E-state index in [1.807, 2.05) is 0 Å². The van der Waals surface area contributed by atoms with Gasteiger partial charge in [0.25, 0.3) is 0 Å². The third kappa shape index (κ3) is 3.55. The van der Waals surface area contributed by atoms with Crippen LogP contribution >= 0.6 is 15.9 Å². The largest absolute Gasteiger partial charge is 0.304 e. The second-order valence-electron chi connectivity index (χ2n) is 5.56. The van der Waals surface area contributed by atoms with Gasteiger partial charge in [0.1, 0.15) is 0 Å². The summed E-state index contributed by atoms with van der Waals surface area (Å²) in [5.74, 6) is 0. The Kier molecular flexibility index (Phi) is 5.22. The molecule has 2 atom stereocenters. The number of hydrogen-bond acceptors (Lipinski definition) is 2. The maximum absolute atomic E-state index is 4.61. The predicted octanol–water partition coefficient (Wildman–Crippen LogP) is 4.69. The molecule has 0 saturated heterocycles. The molecule has 0 aliphatic carbocycles. The number of benzene rings is 1. The molecule has 4 heteroatoms. The topological polar surface area (TPSA) is 29.9 Å². The van der Waals surface area contributed by atoms with Crippen molar-refractivity contribution >= 4 is 15.9 Å². The van der Waals surface area contributed by atoms with Crippen LogP contribution in [0, 0.1) is 13.8 Å². The van der Waals surface area contributed by atoms with Crippen molar-refractivity contribution in [1.82, 2.24) is 15.1 Å². The Hall–Kier alpha value is -1.13. The fourth-order valence-electron chi connectivity index (χ4n) is 2.95. The number of aryl methyl sites for hydroxylation is 2. The molecule has 1 aromatic carbocycles. The van der Waals surface area contributed by atoms with Crippen molar-refractivity contribution < 1.29 is 0 Å². The molecular weight excluding hydrogens is 326 g/mol. The number of rotatable bonds is 5. The van der Waals surface area contributed by atoms with E-state index in [0.717, 1.165) is 16.7 Å². The standard InChI is InChI=1S/C17H24BrN3/c1-6-21-14(5)17(13(4)20-21)12(3)19-11(2)15-7-9-16(18)10-8-15/h7-12,19H,6H2,1-5H3/t11-,12?/m0/s1. The Morgan fingerprint density at radius 3 is 2.29 bits per heavy atom. The van der Waals surface area contributed by atoms with Crippen LogP contribution in [0.3, 0.4) is 0 Å². The number of nitrogens with one attached hydrogen (secondary N) is 1. The Morgan fingerprint density at radius 2 is 1.76 bits per heavy atom. The van der Waals surface area contributed by atoms with Crippen molar-refractivity contribution in [2.75, 3.05) is 0 Å². The lowest BCUT2D eigenvalue weighted by Crippen LogP contribution is -2.23. The molecule has 114 valence electrons. The molecule has 1 aromatic heterocycles. The monoisotopic (exact) mass is 349 g/mol. The fourth-order valence-corrected chi connectivity index (χ4v) is 3.22. The first kappa shape index (κ1) is 16.2. The Balaban J connectivity index is 2.16. The van der Waals surface area contributed by atoms with Gasteiger partial charge in [-0.05, 0) is 52.3 Å². The van der Waals surface area contributed by atoms with Crippen LogP contribution in [-0.2, 0) is 6.54 Å². The summed E-state index contributed by atoms with van der Waals surface area (Å²) >= 11 is 3.48. The van der Waals surface area contributed by atoms with E-state index in [0.29, 0.717) is 6.04 Å². The van der Waals surface area contributed by atoms with Gasteiger partial charge in [-0.15, -0.1) is 0 Å². The molecule has 0 aliphatic heterocycles. The van der Waals surface area contributed by atoms with Crippen molar-refractivity contribution in [3.05, 3.63) is 51.3 Å². The van der Waals surface area contributed by atoms with Gasteiger partial charge in [-0.1, -0.05) is 28.1 Å². The van der Waals surface area contributed by atoms with E-state index >= 15 is 0 Å². The molecule has 1 N–H and O–H groups in total. The maximum Gasteiger partial charge on any atom is 0.0644 e. The minimum Gasteiger partial charge on any atom is -0.304 e. The Labute approximate surface area is 135 Å². The molecule has 2 aromatic rings. The molecule has 1 heterocycles. The van der Waals surface area contributed by atoms with Gasteiger partial charge in [0.05, 0.1) is 5.69 Å². The number of nitrogens with zero attached hydrogens (tertiary/aromatic N) is 2. The predicted molar refractivity (Wildman–Crippen MR) is 91.5 cm³/mol. The molecule has 3 nitrogen and oxygen atoms in total. The van der Waals surface area contributed by atoms with Gasteiger partial charge in [-0.2, -0.15) is 5.10 Å². The van der Waals surface area contributed by atoms with Gasteiger partial charge in [0, 0.05) is 34.4 Å². The summed E-state index contributed by atoms with van der Waals surface area (Å²) < 4.78 is 3.19. The first-order chi connectivity index (χ1) is 9.93. The van der Waals surface area contributed by atoms with Crippen molar-refractivity contribution in [2.24, 2.45) is 0 Å². The summed E-state index contributed by atoms with van der Waals surface area (Å²) in [6.45, 7) is 11.7. The molecular formula is C17H24BrN3. The second-order valence-corrected chi connectivity index (χ2v) is 6.48. The van der Waals surface area contributed by atoms with Gasteiger partial charge in [0.15, 0.2) is 0 Å². The SMILES string of the molecule is CCn1nc(C)c(C(C)N[C@@H](C)c2ccc(Br)cc2)c1C. The smallest absolute Gasteiger partial charge is 0.0644 e. The van der Waals surface area contributed by atoms with Crippen LogP contribution in [0.2, 0.25) is 0 Å². The summed E-state index contributed by atoms with van der Waals surface area (Å²) in [5.41, 5.74) is 5.00. The third-order valence-electron chi connectivity index (χ3n) is 4.04. The average Bonchev–Trinajstić information content (AvgIpc) is 2.73. The van der Waals surface area contributed by atoms with Crippen LogP contribution in [0.1, 0.15) is 55.4 Å². The second kappa shape index (κ2) is 6.75. The molecule has 2 rings (SSSR count). The first-order valence-corrected chi connectivity index (χ1v) is 8.28. The van der Waals surface area contributed by atoms with E-state index in [1.165, 1.54) is 16.8 Å². The van der Waals surface area contributed by atoms with Crippen LogP contribution in [0.25, 0.3) is 0 Å². The van der Waals surface area contributed by atoms with Gasteiger partial charge >= 0.3 is 0 Å². The van der Waals surface area contributed by atoms with E-state index in [1.54, 1.807) is 0 Å². The quantitative estimate of drug-likeness (QED) is 0.848. The van der Waals surface area contributed by atoms with Crippen LogP contribution in [0.15, 0.2) is 28.7 Å². The third-order valence-corrected chi connectivity index (χ3v) is 4.57. The normalized spacial score (nSPS) is 14.2. The highest BCUT2D eigenvalue weighted by Gasteiger charge is 2.18. The number of halogens is 1. The van der Waals surface area contributed by atoms with Gasteiger partial charge in [-0.25, -0.2) is 0 Å².